The van der Waals surface area contributed by atoms with E-state index in [-0.39, 0.29) is 17.1 Å². The van der Waals surface area contributed by atoms with Gasteiger partial charge in [0.15, 0.2) is 11.5 Å². The van der Waals surface area contributed by atoms with Crippen LogP contribution in [0.15, 0.2) is 71.5 Å². The standard InChI is InChI=1S/C23H18N2O4/c1-29-21-14-15(6-12-20(21)27)7-13-22-24-19-5-3-2-4-18(19)23(28)25(22)16-8-10-17(26)11-9-16/h2-14,26-27H,1H3/b13-7-. The van der Waals surface area contributed by atoms with E-state index in [1.807, 2.05) is 6.07 Å². The topological polar surface area (TPSA) is 84.6 Å². The number of aromatic nitrogens is 2. The zero-order valence-electron chi connectivity index (χ0n) is 15.6. The summed E-state index contributed by atoms with van der Waals surface area (Å²) in [6.45, 7) is 0. The monoisotopic (exact) mass is 386 g/mol. The molecule has 0 aliphatic heterocycles. The van der Waals surface area contributed by atoms with E-state index in [0.29, 0.717) is 28.2 Å². The zero-order valence-corrected chi connectivity index (χ0v) is 15.6. The molecule has 6 nitrogen and oxygen atoms in total. The van der Waals surface area contributed by atoms with Crippen molar-refractivity contribution in [3.63, 3.8) is 0 Å². The minimum Gasteiger partial charge on any atom is -0.508 e. The molecule has 0 saturated carbocycles. The van der Waals surface area contributed by atoms with E-state index in [4.69, 9.17) is 4.74 Å². The van der Waals surface area contributed by atoms with Crippen molar-refractivity contribution < 1.29 is 14.9 Å². The minimum atomic E-state index is -0.204. The van der Waals surface area contributed by atoms with Gasteiger partial charge in [-0.25, -0.2) is 4.98 Å². The van der Waals surface area contributed by atoms with Crippen molar-refractivity contribution in [1.82, 2.24) is 9.55 Å². The molecule has 2 N–H and O–H groups in total. The smallest absolute Gasteiger partial charge is 0.266 e. The number of nitrogens with zero attached hydrogens (tertiary/aromatic N) is 2. The van der Waals surface area contributed by atoms with Crippen LogP contribution in [0.2, 0.25) is 0 Å². The van der Waals surface area contributed by atoms with Crippen molar-refractivity contribution >= 4 is 23.1 Å². The Bertz CT molecular complexity index is 1270. The Morgan fingerprint density at radius 2 is 1.72 bits per heavy atom. The van der Waals surface area contributed by atoms with Crippen LogP contribution in [0.25, 0.3) is 28.7 Å². The highest BCUT2D eigenvalue weighted by atomic mass is 16.5. The molecule has 1 aromatic heterocycles. The quantitative estimate of drug-likeness (QED) is 0.554. The van der Waals surface area contributed by atoms with Crippen LogP contribution in [0.3, 0.4) is 0 Å². The van der Waals surface area contributed by atoms with E-state index in [2.05, 4.69) is 4.98 Å². The van der Waals surface area contributed by atoms with Crippen LogP contribution < -0.4 is 10.3 Å². The molecule has 6 heteroatoms. The van der Waals surface area contributed by atoms with Crippen molar-refractivity contribution in [2.45, 2.75) is 0 Å². The third kappa shape index (κ3) is 3.55. The number of rotatable bonds is 4. The number of hydrogen-bond acceptors (Lipinski definition) is 5. The molecule has 1 heterocycles. The summed E-state index contributed by atoms with van der Waals surface area (Å²) in [7, 11) is 1.48. The highest BCUT2D eigenvalue weighted by Crippen LogP contribution is 2.27. The number of para-hydroxylation sites is 1. The highest BCUT2D eigenvalue weighted by molar-refractivity contribution is 5.80. The first-order valence-electron chi connectivity index (χ1n) is 8.93. The van der Waals surface area contributed by atoms with Crippen LogP contribution in [0.1, 0.15) is 11.4 Å². The van der Waals surface area contributed by atoms with E-state index in [1.54, 1.807) is 60.7 Å². The number of fused-ring (bicyclic) bond motifs is 1. The summed E-state index contributed by atoms with van der Waals surface area (Å²) in [4.78, 5) is 17.8. The Morgan fingerprint density at radius 3 is 2.48 bits per heavy atom. The van der Waals surface area contributed by atoms with E-state index < -0.39 is 0 Å². The van der Waals surface area contributed by atoms with Crippen molar-refractivity contribution in [2.24, 2.45) is 0 Å². The number of ether oxygens (including phenoxy) is 1. The van der Waals surface area contributed by atoms with Gasteiger partial charge in [-0.05, 0) is 60.2 Å². The molecule has 0 unspecified atom stereocenters. The van der Waals surface area contributed by atoms with Gasteiger partial charge in [-0.2, -0.15) is 0 Å². The van der Waals surface area contributed by atoms with Crippen LogP contribution in [0.5, 0.6) is 17.2 Å². The Morgan fingerprint density at radius 1 is 0.966 bits per heavy atom. The van der Waals surface area contributed by atoms with E-state index in [0.717, 1.165) is 5.56 Å². The molecule has 4 rings (SSSR count). The lowest BCUT2D eigenvalue weighted by atomic mass is 10.1. The molecular weight excluding hydrogens is 368 g/mol. The molecule has 0 radical (unpaired) electrons. The average molecular weight is 386 g/mol. The van der Waals surface area contributed by atoms with Gasteiger partial charge in [-0.3, -0.25) is 9.36 Å². The molecule has 0 amide bonds. The number of aromatic hydroxyl groups is 2. The van der Waals surface area contributed by atoms with Gasteiger partial charge in [0.05, 0.1) is 23.7 Å². The second-order valence-corrected chi connectivity index (χ2v) is 6.41. The van der Waals surface area contributed by atoms with E-state index in [1.165, 1.54) is 23.8 Å². The third-order valence-corrected chi connectivity index (χ3v) is 4.54. The van der Waals surface area contributed by atoms with Gasteiger partial charge in [-0.1, -0.05) is 24.3 Å². The number of phenols is 2. The molecule has 0 atom stereocenters. The Labute approximate surface area is 166 Å². The normalized spacial score (nSPS) is 11.2. The van der Waals surface area contributed by atoms with E-state index >= 15 is 0 Å². The molecule has 0 fully saturated rings. The predicted octanol–water partition coefficient (Wildman–Crippen LogP) is 3.98. The molecule has 29 heavy (non-hydrogen) atoms. The molecule has 0 aliphatic rings. The third-order valence-electron chi connectivity index (χ3n) is 4.54. The lowest BCUT2D eigenvalue weighted by Gasteiger charge is -2.11. The Kier molecular flexibility index (Phi) is 4.75. The summed E-state index contributed by atoms with van der Waals surface area (Å²) in [5, 5.41) is 19.9. The van der Waals surface area contributed by atoms with Crippen LogP contribution >= 0.6 is 0 Å². The van der Waals surface area contributed by atoms with Crippen LogP contribution in [0, 0.1) is 0 Å². The zero-order chi connectivity index (χ0) is 20.4. The molecular formula is C23H18N2O4. The second kappa shape index (κ2) is 7.52. The molecule has 4 aromatic rings. The Hall–Kier alpha value is -4.06. The van der Waals surface area contributed by atoms with Crippen molar-refractivity contribution in [1.29, 1.82) is 0 Å². The van der Waals surface area contributed by atoms with Gasteiger partial charge < -0.3 is 14.9 Å². The maximum Gasteiger partial charge on any atom is 0.266 e. The van der Waals surface area contributed by atoms with Crippen molar-refractivity contribution in [3.05, 3.63) is 88.5 Å². The van der Waals surface area contributed by atoms with Crippen molar-refractivity contribution in [2.75, 3.05) is 7.11 Å². The van der Waals surface area contributed by atoms with Gasteiger partial charge in [0.2, 0.25) is 0 Å². The predicted molar refractivity (Wildman–Crippen MR) is 113 cm³/mol. The fourth-order valence-corrected chi connectivity index (χ4v) is 3.08. The average Bonchev–Trinajstić information content (AvgIpc) is 2.74. The summed E-state index contributed by atoms with van der Waals surface area (Å²) in [6, 6.07) is 18.5. The molecule has 0 bridgehead atoms. The van der Waals surface area contributed by atoms with Gasteiger partial charge in [0, 0.05) is 0 Å². The SMILES string of the molecule is COc1cc(/C=C\c2nc3ccccc3c(=O)n2-c2ccc(O)cc2)ccc1O. The number of phenolic OH excluding ortho intramolecular Hbond substituents is 2. The molecule has 0 spiro atoms. The first kappa shape index (κ1) is 18.3. The number of hydrogen-bond donors (Lipinski definition) is 2. The minimum absolute atomic E-state index is 0.0504. The van der Waals surface area contributed by atoms with Crippen LogP contribution in [-0.2, 0) is 0 Å². The Balaban J connectivity index is 1.89. The van der Waals surface area contributed by atoms with Crippen LogP contribution in [0.4, 0.5) is 0 Å². The lowest BCUT2D eigenvalue weighted by Crippen LogP contribution is -2.22. The van der Waals surface area contributed by atoms with Gasteiger partial charge in [-0.15, -0.1) is 0 Å². The summed E-state index contributed by atoms with van der Waals surface area (Å²) in [6.07, 6.45) is 3.52. The first-order valence-corrected chi connectivity index (χ1v) is 8.93. The van der Waals surface area contributed by atoms with Gasteiger partial charge in [0.1, 0.15) is 11.6 Å². The summed E-state index contributed by atoms with van der Waals surface area (Å²) in [5.74, 6) is 0.958. The van der Waals surface area contributed by atoms with Crippen LogP contribution in [-0.4, -0.2) is 26.9 Å². The van der Waals surface area contributed by atoms with Gasteiger partial charge >= 0.3 is 0 Å². The van der Waals surface area contributed by atoms with Crippen molar-refractivity contribution in [3.8, 4) is 22.9 Å². The highest BCUT2D eigenvalue weighted by Gasteiger charge is 2.11. The lowest BCUT2D eigenvalue weighted by molar-refractivity contribution is 0.373. The first-order chi connectivity index (χ1) is 14.1. The summed E-state index contributed by atoms with van der Waals surface area (Å²) >= 11 is 0. The van der Waals surface area contributed by atoms with Gasteiger partial charge in [0.25, 0.3) is 5.56 Å². The second-order valence-electron chi connectivity index (χ2n) is 6.41. The number of methoxy groups -OCH3 is 1. The molecule has 0 saturated heterocycles. The van der Waals surface area contributed by atoms with E-state index in [9.17, 15) is 15.0 Å². The fraction of sp³-hybridized carbons (Fsp3) is 0.0435. The summed E-state index contributed by atoms with van der Waals surface area (Å²) in [5.41, 5.74) is 1.76. The maximum absolute atomic E-state index is 13.2. The molecule has 0 aliphatic carbocycles. The molecule has 3 aromatic carbocycles. The largest absolute Gasteiger partial charge is 0.508 e. The summed E-state index contributed by atoms with van der Waals surface area (Å²) < 4.78 is 6.64. The number of benzene rings is 3. The fourth-order valence-electron chi connectivity index (χ4n) is 3.08. The molecule has 144 valence electrons. The maximum atomic E-state index is 13.2.